The van der Waals surface area contributed by atoms with Crippen molar-refractivity contribution in [1.82, 2.24) is 4.90 Å². The maximum atomic E-state index is 13.6. The zero-order valence-corrected chi connectivity index (χ0v) is 20.1. The van der Waals surface area contributed by atoms with Crippen LogP contribution in [0, 0.1) is 5.92 Å². The lowest BCUT2D eigenvalue weighted by molar-refractivity contribution is -0.275. The monoisotopic (exact) mass is 490 g/mol. The normalized spacial score (nSPS) is 18.9. The first-order valence-corrected chi connectivity index (χ1v) is 12.4. The van der Waals surface area contributed by atoms with Crippen molar-refractivity contribution in [2.24, 2.45) is 5.92 Å². The number of amides is 1. The Morgan fingerprint density at radius 2 is 1.69 bits per heavy atom. The Morgan fingerprint density at radius 3 is 2.43 bits per heavy atom. The Bertz CT molecular complexity index is 992. The summed E-state index contributed by atoms with van der Waals surface area (Å²) in [6.07, 6.45) is 2.33. The van der Waals surface area contributed by atoms with E-state index in [2.05, 4.69) is 15.7 Å². The third-order valence-electron chi connectivity index (χ3n) is 6.88. The van der Waals surface area contributed by atoms with Crippen molar-refractivity contribution in [1.29, 1.82) is 0 Å². The van der Waals surface area contributed by atoms with Gasteiger partial charge in [0.15, 0.2) is 11.5 Å². The molecular formula is C27H33F3N2O3. The molecule has 35 heavy (non-hydrogen) atoms. The van der Waals surface area contributed by atoms with Crippen molar-refractivity contribution in [3.05, 3.63) is 54.1 Å². The van der Waals surface area contributed by atoms with Gasteiger partial charge in [-0.15, -0.1) is 13.2 Å². The highest BCUT2D eigenvalue weighted by atomic mass is 19.4. The summed E-state index contributed by atoms with van der Waals surface area (Å²) in [6.45, 7) is 1.37. The van der Waals surface area contributed by atoms with Gasteiger partial charge in [0.05, 0.1) is 0 Å². The van der Waals surface area contributed by atoms with Gasteiger partial charge in [-0.05, 0) is 56.5 Å². The third-order valence-corrected chi connectivity index (χ3v) is 6.88. The highest BCUT2D eigenvalue weighted by Gasteiger charge is 2.36. The van der Waals surface area contributed by atoms with Gasteiger partial charge < -0.3 is 19.3 Å². The average molecular weight is 491 g/mol. The highest BCUT2D eigenvalue weighted by Crippen LogP contribution is 2.35. The number of carbonyl (C=O) groups is 1. The summed E-state index contributed by atoms with van der Waals surface area (Å²) in [4.78, 5) is 17.7. The maximum absolute atomic E-state index is 13.6. The maximum Gasteiger partial charge on any atom is 0.573 e. The number of likely N-dealkylation sites (N-methyl/N-ethyl adjacent to an activating group) is 1. The van der Waals surface area contributed by atoms with Crippen molar-refractivity contribution in [3.63, 3.8) is 0 Å². The van der Waals surface area contributed by atoms with Gasteiger partial charge in [-0.25, -0.2) is 0 Å². The minimum Gasteiger partial charge on any atom is -0.488 e. The van der Waals surface area contributed by atoms with Gasteiger partial charge in [-0.1, -0.05) is 49.6 Å². The second kappa shape index (κ2) is 11.3. The first kappa shape index (κ1) is 25.4. The zero-order valence-electron chi connectivity index (χ0n) is 20.1. The fraction of sp³-hybridized carbons (Fsp3) is 0.519. The van der Waals surface area contributed by atoms with Crippen LogP contribution in [0.25, 0.3) is 0 Å². The van der Waals surface area contributed by atoms with E-state index in [-0.39, 0.29) is 36.0 Å². The summed E-state index contributed by atoms with van der Waals surface area (Å²) >= 11 is 0. The van der Waals surface area contributed by atoms with E-state index in [1.807, 2.05) is 30.1 Å². The highest BCUT2D eigenvalue weighted by molar-refractivity contribution is 5.97. The van der Waals surface area contributed by atoms with E-state index in [4.69, 9.17) is 4.74 Å². The molecule has 0 saturated heterocycles. The number of aryl methyl sites for hydroxylation is 1. The Hall–Kier alpha value is -2.74. The molecule has 190 valence electrons. The number of rotatable bonds is 8. The van der Waals surface area contributed by atoms with Gasteiger partial charge in [0.1, 0.15) is 6.61 Å². The number of benzene rings is 2. The van der Waals surface area contributed by atoms with E-state index in [0.29, 0.717) is 13.1 Å². The second-order valence-corrected chi connectivity index (χ2v) is 9.47. The Kier molecular flexibility index (Phi) is 8.21. The van der Waals surface area contributed by atoms with Crippen molar-refractivity contribution in [2.45, 2.75) is 57.3 Å². The minimum absolute atomic E-state index is 0.0465. The molecule has 0 aromatic heterocycles. The predicted molar refractivity (Wildman–Crippen MR) is 129 cm³/mol. The van der Waals surface area contributed by atoms with E-state index in [1.165, 1.54) is 30.2 Å². The smallest absolute Gasteiger partial charge is 0.488 e. The lowest BCUT2D eigenvalue weighted by Crippen LogP contribution is -2.51. The quantitative estimate of drug-likeness (QED) is 0.467. The van der Waals surface area contributed by atoms with E-state index in [0.717, 1.165) is 44.2 Å². The Balaban J connectivity index is 1.39. The van der Waals surface area contributed by atoms with Crippen LogP contribution in [0.3, 0.4) is 0 Å². The number of hydrogen-bond donors (Lipinski definition) is 0. The number of anilines is 1. The number of para-hydroxylation sites is 3. The van der Waals surface area contributed by atoms with Crippen LogP contribution in [0.15, 0.2) is 48.5 Å². The lowest BCUT2D eigenvalue weighted by atomic mass is 9.86. The van der Waals surface area contributed by atoms with Gasteiger partial charge in [0.25, 0.3) is 0 Å². The molecule has 5 nitrogen and oxygen atoms in total. The summed E-state index contributed by atoms with van der Waals surface area (Å²) in [5.74, 6) is 0.00984. The number of nitrogens with zero attached hydrogens (tertiary/aromatic N) is 2. The number of fused-ring (bicyclic) bond motifs is 1. The van der Waals surface area contributed by atoms with Crippen molar-refractivity contribution >= 4 is 11.6 Å². The summed E-state index contributed by atoms with van der Waals surface area (Å²) in [5, 5.41) is 0. The zero-order chi connectivity index (χ0) is 24.8. The Morgan fingerprint density at radius 1 is 1.00 bits per heavy atom. The summed E-state index contributed by atoms with van der Waals surface area (Å²) < 4.78 is 47.6. The van der Waals surface area contributed by atoms with Crippen LogP contribution in [-0.2, 0) is 11.2 Å². The van der Waals surface area contributed by atoms with Gasteiger partial charge >= 0.3 is 6.36 Å². The van der Waals surface area contributed by atoms with Crippen molar-refractivity contribution in [2.75, 3.05) is 31.6 Å². The van der Waals surface area contributed by atoms with Crippen molar-refractivity contribution in [3.8, 4) is 11.5 Å². The van der Waals surface area contributed by atoms with Crippen LogP contribution >= 0.6 is 0 Å². The fourth-order valence-corrected chi connectivity index (χ4v) is 5.16. The molecule has 4 rings (SSSR count). The van der Waals surface area contributed by atoms with Crippen LogP contribution in [0.4, 0.5) is 18.9 Å². The van der Waals surface area contributed by atoms with Crippen molar-refractivity contribution < 1.29 is 27.4 Å². The SMILES string of the molecule is CN(CCOc1ccccc1OC(F)(F)F)CC1CCc2ccccc2N1C(=O)C1CCCCC1. The number of hydrogen-bond acceptors (Lipinski definition) is 4. The molecule has 0 N–H and O–H groups in total. The molecular weight excluding hydrogens is 457 g/mol. The first-order valence-electron chi connectivity index (χ1n) is 12.4. The summed E-state index contributed by atoms with van der Waals surface area (Å²) in [5.41, 5.74) is 2.22. The molecule has 1 aliphatic heterocycles. The Labute approximate surface area is 204 Å². The molecule has 2 aromatic carbocycles. The standard InChI is InChI=1S/C27H33F3N2O3/c1-31(17-18-34-24-13-7-8-14-25(24)35-27(28,29)30)19-22-16-15-20-9-5-6-12-23(20)32(22)26(33)21-10-3-2-4-11-21/h5-9,12-14,21-22H,2-4,10-11,15-19H2,1H3. The molecule has 8 heteroatoms. The van der Waals surface area contributed by atoms with Gasteiger partial charge in [0, 0.05) is 30.7 Å². The molecule has 1 saturated carbocycles. The molecule has 1 unspecified atom stereocenters. The van der Waals surface area contributed by atoms with E-state index < -0.39 is 6.36 Å². The number of alkyl halides is 3. The minimum atomic E-state index is -4.78. The van der Waals surface area contributed by atoms with Gasteiger partial charge in [-0.3, -0.25) is 4.79 Å². The van der Waals surface area contributed by atoms with Crippen LogP contribution in [0.2, 0.25) is 0 Å². The summed E-state index contributed by atoms with van der Waals surface area (Å²) in [6, 6.07) is 14.0. The van der Waals surface area contributed by atoms with Crippen LogP contribution in [-0.4, -0.2) is 50.0 Å². The molecule has 1 atom stereocenters. The average Bonchev–Trinajstić information content (AvgIpc) is 2.84. The van der Waals surface area contributed by atoms with Crippen LogP contribution in [0.5, 0.6) is 11.5 Å². The number of ether oxygens (including phenoxy) is 2. The molecule has 0 radical (unpaired) electrons. The number of carbonyl (C=O) groups excluding carboxylic acids is 1. The topological polar surface area (TPSA) is 42.0 Å². The van der Waals surface area contributed by atoms with E-state index in [9.17, 15) is 18.0 Å². The second-order valence-electron chi connectivity index (χ2n) is 9.47. The fourth-order valence-electron chi connectivity index (χ4n) is 5.16. The molecule has 0 spiro atoms. The predicted octanol–water partition coefficient (Wildman–Crippen LogP) is 5.82. The third kappa shape index (κ3) is 6.69. The summed E-state index contributed by atoms with van der Waals surface area (Å²) in [7, 11) is 1.95. The van der Waals surface area contributed by atoms with Crippen LogP contribution in [0.1, 0.15) is 44.1 Å². The van der Waals surface area contributed by atoms with E-state index >= 15 is 0 Å². The molecule has 2 aliphatic rings. The molecule has 2 aromatic rings. The lowest BCUT2D eigenvalue weighted by Gasteiger charge is -2.41. The molecule has 1 fully saturated rings. The van der Waals surface area contributed by atoms with E-state index in [1.54, 1.807) is 6.07 Å². The number of halogens is 3. The first-order chi connectivity index (χ1) is 16.8. The largest absolute Gasteiger partial charge is 0.573 e. The molecule has 1 amide bonds. The molecule has 0 bridgehead atoms. The molecule has 1 aliphatic carbocycles. The van der Waals surface area contributed by atoms with Gasteiger partial charge in [-0.2, -0.15) is 0 Å². The van der Waals surface area contributed by atoms with Crippen LogP contribution < -0.4 is 14.4 Å². The van der Waals surface area contributed by atoms with Gasteiger partial charge in [0.2, 0.25) is 5.91 Å². The molecule has 1 heterocycles.